The van der Waals surface area contributed by atoms with Crippen LogP contribution in [0.5, 0.6) is 0 Å². The number of likely N-dealkylation sites (N-methyl/N-ethyl adjacent to an activating group) is 1. The Morgan fingerprint density at radius 3 is 2.25 bits per heavy atom. The van der Waals surface area contributed by atoms with Gasteiger partial charge in [0.15, 0.2) is 0 Å². The van der Waals surface area contributed by atoms with Gasteiger partial charge < -0.3 is 19.6 Å². The first-order valence-corrected chi connectivity index (χ1v) is 15.2. The number of anilines is 2. The van der Waals surface area contributed by atoms with Gasteiger partial charge in [-0.3, -0.25) is 9.59 Å². The van der Waals surface area contributed by atoms with Crippen molar-refractivity contribution >= 4 is 34.7 Å². The summed E-state index contributed by atoms with van der Waals surface area (Å²) in [5.74, 6) is 2.38. The summed E-state index contributed by atoms with van der Waals surface area (Å²) < 4.78 is 0. The third-order valence-electron chi connectivity index (χ3n) is 8.90. The number of piperidine rings is 1. The number of benzene rings is 1. The summed E-state index contributed by atoms with van der Waals surface area (Å²) in [6, 6.07) is 16.0. The Kier molecular flexibility index (Phi) is 7.17. The Hall–Kier alpha value is -3.23. The first kappa shape index (κ1) is 27.0. The van der Waals surface area contributed by atoms with Gasteiger partial charge in [-0.2, -0.15) is 0 Å². The maximum absolute atomic E-state index is 13.6. The molecule has 0 N–H and O–H groups in total. The third-order valence-corrected chi connectivity index (χ3v) is 9.76. The van der Waals surface area contributed by atoms with Crippen molar-refractivity contribution in [3.05, 3.63) is 76.1 Å². The number of nitrogens with zero attached hydrogens (tertiary/aromatic N) is 5. The molecule has 8 heteroatoms. The summed E-state index contributed by atoms with van der Waals surface area (Å²) in [4.78, 5) is 40.9. The molecule has 0 spiro atoms. The predicted molar refractivity (Wildman–Crippen MR) is 161 cm³/mol. The van der Waals surface area contributed by atoms with Crippen LogP contribution < -0.4 is 9.80 Å². The zero-order chi connectivity index (χ0) is 28.0. The Morgan fingerprint density at radius 1 is 0.975 bits per heavy atom. The fraction of sp³-hybridized carbons (Fsp3) is 0.469. The number of likely N-dealkylation sites (tertiary alicyclic amines) is 1. The highest BCUT2D eigenvalue weighted by molar-refractivity contribution is 7.12. The molecule has 2 aliphatic heterocycles. The molecular formula is C32H39N5O2S. The molecule has 0 radical (unpaired) electrons. The molecule has 3 aromatic rings. The van der Waals surface area contributed by atoms with E-state index in [2.05, 4.69) is 55.8 Å². The molecule has 3 aliphatic rings. The third kappa shape index (κ3) is 5.39. The molecule has 2 unspecified atom stereocenters. The van der Waals surface area contributed by atoms with E-state index < -0.39 is 0 Å². The summed E-state index contributed by atoms with van der Waals surface area (Å²) in [5, 5.41) is 1.95. The number of pyridine rings is 1. The molecule has 6 rings (SSSR count). The minimum absolute atomic E-state index is 0.0287. The van der Waals surface area contributed by atoms with Gasteiger partial charge in [-0.15, -0.1) is 11.3 Å². The molecule has 2 saturated heterocycles. The number of hydrogen-bond acceptors (Lipinski definition) is 6. The van der Waals surface area contributed by atoms with Crippen LogP contribution >= 0.6 is 11.3 Å². The molecule has 1 aliphatic carbocycles. The highest BCUT2D eigenvalue weighted by Crippen LogP contribution is 2.52. The van der Waals surface area contributed by atoms with Gasteiger partial charge in [0.05, 0.1) is 16.8 Å². The topological polar surface area (TPSA) is 60.0 Å². The highest BCUT2D eigenvalue weighted by atomic mass is 32.1. The number of aromatic nitrogens is 1. The molecule has 2 amide bonds. The molecule has 7 nitrogen and oxygen atoms in total. The van der Waals surface area contributed by atoms with Crippen LogP contribution in [0.15, 0.2) is 60.1 Å². The van der Waals surface area contributed by atoms with Gasteiger partial charge >= 0.3 is 0 Å². The smallest absolute Gasteiger partial charge is 0.268 e. The van der Waals surface area contributed by atoms with Crippen LogP contribution in [0.4, 0.5) is 11.5 Å². The Balaban J connectivity index is 1.12. The Labute approximate surface area is 241 Å². The SMILES string of the molecule is CN1CCN(c2ccc(N(CC3C4CN(C(=O)c5ccc(C(C)(C)C)cc5)CC43)C(=O)c3cccs3)cn2)CC1. The monoisotopic (exact) mass is 557 g/mol. The second-order valence-corrected chi connectivity index (χ2v) is 13.5. The lowest BCUT2D eigenvalue weighted by molar-refractivity contribution is 0.0766. The normalized spacial score (nSPS) is 22.8. The van der Waals surface area contributed by atoms with Crippen molar-refractivity contribution in [1.29, 1.82) is 0 Å². The number of hydrogen-bond donors (Lipinski definition) is 0. The van der Waals surface area contributed by atoms with Crippen LogP contribution in [0, 0.1) is 17.8 Å². The number of rotatable bonds is 6. The summed E-state index contributed by atoms with van der Waals surface area (Å²) in [7, 11) is 2.15. The van der Waals surface area contributed by atoms with Gasteiger partial charge in [-0.1, -0.05) is 39.0 Å². The maximum Gasteiger partial charge on any atom is 0.268 e. The summed E-state index contributed by atoms with van der Waals surface area (Å²) in [6.45, 7) is 12.7. The van der Waals surface area contributed by atoms with Gasteiger partial charge in [0, 0.05) is 51.4 Å². The first-order chi connectivity index (χ1) is 19.2. The number of amides is 2. The van der Waals surface area contributed by atoms with Crippen molar-refractivity contribution in [1.82, 2.24) is 14.8 Å². The maximum atomic E-state index is 13.6. The lowest BCUT2D eigenvalue weighted by Gasteiger charge is -2.33. The largest absolute Gasteiger partial charge is 0.354 e. The van der Waals surface area contributed by atoms with Gasteiger partial charge in [0.2, 0.25) is 0 Å². The molecule has 210 valence electrons. The van der Waals surface area contributed by atoms with Gasteiger partial charge in [-0.05, 0) is 71.5 Å². The van der Waals surface area contributed by atoms with Crippen LogP contribution in [0.3, 0.4) is 0 Å². The summed E-state index contributed by atoms with van der Waals surface area (Å²) in [6.07, 6.45) is 1.86. The zero-order valence-electron chi connectivity index (χ0n) is 23.9. The lowest BCUT2D eigenvalue weighted by atomic mass is 9.86. The second-order valence-electron chi connectivity index (χ2n) is 12.6. The van der Waals surface area contributed by atoms with Crippen LogP contribution in [0.1, 0.15) is 46.4 Å². The molecular weight excluding hydrogens is 518 g/mol. The van der Waals surface area contributed by atoms with E-state index in [1.165, 1.54) is 16.9 Å². The van der Waals surface area contributed by atoms with Crippen LogP contribution in [0.2, 0.25) is 0 Å². The van der Waals surface area contributed by atoms with E-state index >= 15 is 0 Å². The fourth-order valence-electron chi connectivity index (χ4n) is 6.19. The molecule has 2 aromatic heterocycles. The molecule has 2 atom stereocenters. The van der Waals surface area contributed by atoms with Crippen LogP contribution in [-0.2, 0) is 5.41 Å². The van der Waals surface area contributed by atoms with E-state index in [1.54, 1.807) is 0 Å². The molecule has 3 fully saturated rings. The Bertz CT molecular complexity index is 1330. The van der Waals surface area contributed by atoms with E-state index in [9.17, 15) is 9.59 Å². The number of carbonyl (C=O) groups excluding carboxylic acids is 2. The van der Waals surface area contributed by atoms with Crippen LogP contribution in [-0.4, -0.2) is 79.5 Å². The minimum atomic E-state index is 0.0287. The van der Waals surface area contributed by atoms with Gasteiger partial charge in [0.25, 0.3) is 11.8 Å². The summed E-state index contributed by atoms with van der Waals surface area (Å²) >= 11 is 1.48. The second kappa shape index (κ2) is 10.6. The number of thiophene rings is 1. The van der Waals surface area contributed by atoms with Crippen molar-refractivity contribution in [3.63, 3.8) is 0 Å². The summed E-state index contributed by atoms with van der Waals surface area (Å²) in [5.41, 5.74) is 2.90. The predicted octanol–water partition coefficient (Wildman–Crippen LogP) is 4.86. The molecule has 1 saturated carbocycles. The zero-order valence-corrected chi connectivity index (χ0v) is 24.7. The van der Waals surface area contributed by atoms with E-state index in [4.69, 9.17) is 4.98 Å². The van der Waals surface area contributed by atoms with E-state index in [0.29, 0.717) is 24.3 Å². The molecule has 40 heavy (non-hydrogen) atoms. The Morgan fingerprint density at radius 2 is 1.68 bits per heavy atom. The minimum Gasteiger partial charge on any atom is -0.354 e. The van der Waals surface area contributed by atoms with Crippen molar-refractivity contribution in [2.75, 3.05) is 62.7 Å². The van der Waals surface area contributed by atoms with Crippen molar-refractivity contribution in [2.45, 2.75) is 26.2 Å². The average Bonchev–Trinajstić information content (AvgIpc) is 3.34. The van der Waals surface area contributed by atoms with Crippen LogP contribution in [0.25, 0.3) is 0 Å². The highest BCUT2D eigenvalue weighted by Gasteiger charge is 2.57. The fourth-order valence-corrected chi connectivity index (χ4v) is 6.86. The lowest BCUT2D eigenvalue weighted by Crippen LogP contribution is -2.44. The van der Waals surface area contributed by atoms with Gasteiger partial charge in [-0.25, -0.2) is 4.98 Å². The van der Waals surface area contributed by atoms with Crippen molar-refractivity contribution < 1.29 is 9.59 Å². The molecule has 0 bridgehead atoms. The van der Waals surface area contributed by atoms with Crippen molar-refractivity contribution in [3.8, 4) is 0 Å². The standard InChI is InChI=1S/C32H39N5O2S/c1-32(2,3)23-9-7-22(8-10-23)30(38)36-19-25-26(20-36)27(25)21-37(31(39)28-6-5-17-40-28)24-11-12-29(33-18-24)35-15-13-34(4)14-16-35/h5-12,17-18,25-27H,13-16,19-21H2,1-4H3. The number of piperazine rings is 1. The quantitative estimate of drug-likeness (QED) is 0.433. The van der Waals surface area contributed by atoms with E-state index in [-0.39, 0.29) is 17.2 Å². The van der Waals surface area contributed by atoms with Crippen molar-refractivity contribution in [2.24, 2.45) is 17.8 Å². The first-order valence-electron chi connectivity index (χ1n) is 14.3. The molecule has 4 heterocycles. The number of fused-ring (bicyclic) bond motifs is 1. The molecule has 1 aromatic carbocycles. The van der Waals surface area contributed by atoms with E-state index in [0.717, 1.165) is 61.2 Å². The van der Waals surface area contributed by atoms with E-state index in [1.807, 2.05) is 51.7 Å². The average molecular weight is 558 g/mol. The number of carbonyl (C=O) groups is 2. The van der Waals surface area contributed by atoms with Gasteiger partial charge in [0.1, 0.15) is 5.82 Å².